The molecule has 0 aliphatic carbocycles. The Morgan fingerprint density at radius 2 is 2.13 bits per heavy atom. The molecule has 1 unspecified atom stereocenters. The van der Waals surface area contributed by atoms with Crippen molar-refractivity contribution in [1.29, 1.82) is 0 Å². The number of rotatable bonds is 3. The smallest absolute Gasteiger partial charge is 0.222 e. The van der Waals surface area contributed by atoms with E-state index >= 15 is 0 Å². The van der Waals surface area contributed by atoms with Crippen LogP contribution in [0, 0.1) is 0 Å². The number of benzene rings is 1. The van der Waals surface area contributed by atoms with E-state index in [9.17, 15) is 9.59 Å². The minimum atomic E-state index is 0.0251. The van der Waals surface area contributed by atoms with Gasteiger partial charge in [-0.05, 0) is 6.07 Å². The van der Waals surface area contributed by atoms with Gasteiger partial charge < -0.3 is 5.32 Å². The fourth-order valence-electron chi connectivity index (χ4n) is 1.57. The van der Waals surface area contributed by atoms with E-state index in [0.717, 1.165) is 4.47 Å². The molecule has 1 aliphatic heterocycles. The number of Topliss-reactive ketones (excluding diaryl/α,β-unsaturated/α-hetero) is 1. The summed E-state index contributed by atoms with van der Waals surface area (Å²) < 4.78 is 0.806. The molecule has 1 aliphatic rings. The number of hydrogen-bond donors (Lipinski definition) is 1. The Labute approximate surface area is 96.0 Å². The van der Waals surface area contributed by atoms with Gasteiger partial charge in [0.25, 0.3) is 0 Å². The Balaban J connectivity index is 2.02. The maximum atomic E-state index is 11.8. The third kappa shape index (κ3) is 2.26. The van der Waals surface area contributed by atoms with Crippen LogP contribution in [0.15, 0.2) is 28.7 Å². The Hall–Kier alpha value is -1.16. The first-order chi connectivity index (χ1) is 7.16. The Bertz CT molecular complexity index is 409. The summed E-state index contributed by atoms with van der Waals surface area (Å²) in [4.78, 5) is 22.5. The third-order valence-corrected chi connectivity index (χ3v) is 3.09. The summed E-state index contributed by atoms with van der Waals surface area (Å²) in [5.74, 6) is 0.0902. The fourth-order valence-corrected chi connectivity index (χ4v) is 2.08. The Kier molecular flexibility index (Phi) is 2.86. The van der Waals surface area contributed by atoms with E-state index in [1.165, 1.54) is 0 Å². The van der Waals surface area contributed by atoms with Crippen LogP contribution in [0.1, 0.15) is 23.2 Å². The molecule has 4 heteroatoms. The second-order valence-electron chi connectivity index (χ2n) is 3.58. The van der Waals surface area contributed by atoms with Crippen LogP contribution in [0.25, 0.3) is 0 Å². The maximum absolute atomic E-state index is 11.8. The number of β-lactam (4-membered cyclic amide) rings is 1. The van der Waals surface area contributed by atoms with E-state index in [-0.39, 0.29) is 17.7 Å². The average Bonchev–Trinajstić information content (AvgIpc) is 2.16. The standard InChI is InChI=1S/C11H10BrNO2/c12-9-4-2-1-3-8(9)10(14)5-7-6-11(15)13-7/h1-4,7H,5-6H2,(H,13,15). The van der Waals surface area contributed by atoms with Crippen LogP contribution < -0.4 is 5.32 Å². The van der Waals surface area contributed by atoms with Crippen molar-refractivity contribution in [3.8, 4) is 0 Å². The van der Waals surface area contributed by atoms with Crippen LogP contribution in [0.2, 0.25) is 0 Å². The largest absolute Gasteiger partial charge is 0.352 e. The second kappa shape index (κ2) is 4.14. The first kappa shape index (κ1) is 10.4. The van der Waals surface area contributed by atoms with E-state index in [4.69, 9.17) is 0 Å². The molecule has 2 rings (SSSR count). The first-order valence-corrected chi connectivity index (χ1v) is 5.53. The van der Waals surface area contributed by atoms with E-state index in [1.807, 2.05) is 18.2 Å². The quantitative estimate of drug-likeness (QED) is 0.672. The normalized spacial score (nSPS) is 19.3. The summed E-state index contributed by atoms with van der Waals surface area (Å²) in [6.07, 6.45) is 0.852. The molecule has 1 fully saturated rings. The van der Waals surface area contributed by atoms with Gasteiger partial charge in [-0.15, -0.1) is 0 Å². The van der Waals surface area contributed by atoms with Crippen molar-refractivity contribution in [1.82, 2.24) is 5.32 Å². The van der Waals surface area contributed by atoms with Crippen molar-refractivity contribution >= 4 is 27.6 Å². The molecule has 0 bridgehead atoms. The van der Waals surface area contributed by atoms with Crippen LogP contribution >= 0.6 is 15.9 Å². The second-order valence-corrected chi connectivity index (χ2v) is 4.43. The lowest BCUT2D eigenvalue weighted by Crippen LogP contribution is -2.49. The molecule has 0 radical (unpaired) electrons. The van der Waals surface area contributed by atoms with Crippen molar-refractivity contribution in [3.63, 3.8) is 0 Å². The first-order valence-electron chi connectivity index (χ1n) is 4.74. The van der Waals surface area contributed by atoms with Gasteiger partial charge in [0, 0.05) is 28.9 Å². The van der Waals surface area contributed by atoms with Gasteiger partial charge in [-0.2, -0.15) is 0 Å². The molecule has 78 valence electrons. The SMILES string of the molecule is O=C1CC(CC(=O)c2ccccc2Br)N1. The number of amides is 1. The van der Waals surface area contributed by atoms with E-state index in [1.54, 1.807) is 6.07 Å². The van der Waals surface area contributed by atoms with Crippen LogP contribution in [0.5, 0.6) is 0 Å². The maximum Gasteiger partial charge on any atom is 0.222 e. The molecular formula is C11H10BrNO2. The summed E-state index contributed by atoms with van der Waals surface area (Å²) in [6, 6.07) is 7.35. The summed E-state index contributed by atoms with van der Waals surface area (Å²) in [5, 5.41) is 2.69. The number of carbonyl (C=O) groups excluding carboxylic acids is 2. The lowest BCUT2D eigenvalue weighted by Gasteiger charge is -2.26. The van der Waals surface area contributed by atoms with Gasteiger partial charge in [0.1, 0.15) is 0 Å². The van der Waals surface area contributed by atoms with Crippen LogP contribution in [0.3, 0.4) is 0 Å². The zero-order valence-electron chi connectivity index (χ0n) is 8.00. The number of carbonyl (C=O) groups is 2. The lowest BCUT2D eigenvalue weighted by molar-refractivity contribution is -0.127. The molecule has 0 spiro atoms. The van der Waals surface area contributed by atoms with Crippen molar-refractivity contribution in [2.24, 2.45) is 0 Å². The highest BCUT2D eigenvalue weighted by atomic mass is 79.9. The van der Waals surface area contributed by atoms with Crippen LogP contribution in [-0.2, 0) is 4.79 Å². The van der Waals surface area contributed by atoms with Gasteiger partial charge in [0.2, 0.25) is 5.91 Å². The predicted octanol–water partition coefficient (Wildman–Crippen LogP) is 1.91. The highest BCUT2D eigenvalue weighted by molar-refractivity contribution is 9.10. The molecule has 0 saturated carbocycles. The monoisotopic (exact) mass is 267 g/mol. The van der Waals surface area contributed by atoms with Crippen molar-refractivity contribution in [2.45, 2.75) is 18.9 Å². The van der Waals surface area contributed by atoms with Gasteiger partial charge >= 0.3 is 0 Å². The molecule has 1 heterocycles. The topological polar surface area (TPSA) is 46.2 Å². The number of nitrogens with one attached hydrogen (secondary N) is 1. The number of halogens is 1. The fraction of sp³-hybridized carbons (Fsp3) is 0.273. The molecule has 1 amide bonds. The van der Waals surface area contributed by atoms with Gasteiger partial charge in [0.15, 0.2) is 5.78 Å². The minimum absolute atomic E-state index is 0.0251. The highest BCUT2D eigenvalue weighted by Gasteiger charge is 2.27. The van der Waals surface area contributed by atoms with Crippen molar-refractivity contribution < 1.29 is 9.59 Å². The molecule has 0 aromatic heterocycles. The summed E-state index contributed by atoms with van der Waals surface area (Å²) in [6.45, 7) is 0. The van der Waals surface area contributed by atoms with Gasteiger partial charge in [-0.3, -0.25) is 9.59 Å². The number of hydrogen-bond acceptors (Lipinski definition) is 2. The molecule has 1 atom stereocenters. The van der Waals surface area contributed by atoms with Crippen molar-refractivity contribution in [2.75, 3.05) is 0 Å². The van der Waals surface area contributed by atoms with Crippen LogP contribution in [0.4, 0.5) is 0 Å². The summed E-state index contributed by atoms with van der Waals surface area (Å²) in [5.41, 5.74) is 0.679. The Morgan fingerprint density at radius 3 is 2.73 bits per heavy atom. The molecule has 1 saturated heterocycles. The van der Waals surface area contributed by atoms with E-state index in [0.29, 0.717) is 18.4 Å². The van der Waals surface area contributed by atoms with Gasteiger partial charge in [0.05, 0.1) is 0 Å². The number of ketones is 1. The summed E-state index contributed by atoms with van der Waals surface area (Å²) >= 11 is 3.33. The van der Waals surface area contributed by atoms with Crippen LogP contribution in [-0.4, -0.2) is 17.7 Å². The highest BCUT2D eigenvalue weighted by Crippen LogP contribution is 2.20. The Morgan fingerprint density at radius 1 is 1.47 bits per heavy atom. The molecule has 1 aromatic rings. The molecule has 3 nitrogen and oxygen atoms in total. The molecule has 1 aromatic carbocycles. The average molecular weight is 268 g/mol. The van der Waals surface area contributed by atoms with Gasteiger partial charge in [-0.25, -0.2) is 0 Å². The van der Waals surface area contributed by atoms with E-state index in [2.05, 4.69) is 21.2 Å². The predicted molar refractivity (Wildman–Crippen MR) is 59.6 cm³/mol. The molecular weight excluding hydrogens is 258 g/mol. The molecule has 15 heavy (non-hydrogen) atoms. The zero-order valence-corrected chi connectivity index (χ0v) is 9.58. The van der Waals surface area contributed by atoms with E-state index < -0.39 is 0 Å². The zero-order chi connectivity index (χ0) is 10.8. The van der Waals surface area contributed by atoms with Gasteiger partial charge in [-0.1, -0.05) is 34.1 Å². The third-order valence-electron chi connectivity index (χ3n) is 2.40. The summed E-state index contributed by atoms with van der Waals surface area (Å²) in [7, 11) is 0. The molecule has 1 N–H and O–H groups in total. The lowest BCUT2D eigenvalue weighted by atomic mass is 9.97. The van der Waals surface area contributed by atoms with Crippen molar-refractivity contribution in [3.05, 3.63) is 34.3 Å². The minimum Gasteiger partial charge on any atom is -0.352 e.